The first kappa shape index (κ1) is 21.6. The van der Waals surface area contributed by atoms with Crippen molar-refractivity contribution in [2.24, 2.45) is 23.2 Å². The third-order valence-corrected chi connectivity index (χ3v) is 9.06. The Morgan fingerprint density at radius 1 is 0.906 bits per heavy atom. The highest BCUT2D eigenvalue weighted by Gasteiger charge is 2.51. The molecule has 3 aliphatic rings. The average Bonchev–Trinajstić information content (AvgIpc) is 3.14. The van der Waals surface area contributed by atoms with Crippen LogP contribution in [0.15, 0.2) is 36.4 Å². The summed E-state index contributed by atoms with van der Waals surface area (Å²) in [6, 6.07) is 11.5. The molecule has 5 rings (SSSR count). The number of hydrogen-bond acceptors (Lipinski definition) is 2. The van der Waals surface area contributed by atoms with Crippen molar-refractivity contribution in [3.8, 4) is 0 Å². The second-order valence-corrected chi connectivity index (χ2v) is 11.3. The van der Waals surface area contributed by atoms with Crippen LogP contribution in [0.5, 0.6) is 0 Å². The molecule has 4 atom stereocenters. The van der Waals surface area contributed by atoms with E-state index in [0.29, 0.717) is 33.6 Å². The molecule has 0 N–H and O–H groups in total. The van der Waals surface area contributed by atoms with Crippen LogP contribution in [0.2, 0.25) is 0 Å². The summed E-state index contributed by atoms with van der Waals surface area (Å²) in [4.78, 5) is 26.7. The van der Waals surface area contributed by atoms with Crippen LogP contribution >= 0.6 is 0 Å². The monoisotopic (exact) mass is 428 g/mol. The second-order valence-electron chi connectivity index (χ2n) is 11.3. The summed E-state index contributed by atoms with van der Waals surface area (Å²) in [5, 5.41) is 0. The lowest BCUT2D eigenvalue weighted by Gasteiger charge is -2.45. The van der Waals surface area contributed by atoms with Gasteiger partial charge >= 0.3 is 0 Å². The zero-order chi connectivity index (χ0) is 22.6. The smallest absolute Gasteiger partial charge is 0.194 e. The van der Waals surface area contributed by atoms with Crippen LogP contribution < -0.4 is 0 Å². The summed E-state index contributed by atoms with van der Waals surface area (Å²) in [5.74, 6) is 2.85. The van der Waals surface area contributed by atoms with Crippen LogP contribution in [0.25, 0.3) is 0 Å². The summed E-state index contributed by atoms with van der Waals surface area (Å²) in [6.45, 7) is 9.63. The van der Waals surface area contributed by atoms with Crippen molar-refractivity contribution in [1.29, 1.82) is 0 Å². The molecule has 1 fully saturated rings. The molecule has 2 aromatic rings. The normalized spacial score (nSPS) is 27.0. The number of fused-ring (bicyclic) bond motifs is 6. The van der Waals surface area contributed by atoms with E-state index in [2.05, 4.69) is 33.8 Å². The van der Waals surface area contributed by atoms with Gasteiger partial charge in [0.05, 0.1) is 0 Å². The Morgan fingerprint density at radius 2 is 1.62 bits per heavy atom. The molecule has 1 saturated carbocycles. The molecular weight excluding hydrogens is 392 g/mol. The van der Waals surface area contributed by atoms with E-state index in [0.717, 1.165) is 30.6 Å². The minimum Gasteiger partial charge on any atom is -0.289 e. The Hall–Kier alpha value is -2.22. The van der Waals surface area contributed by atoms with Crippen molar-refractivity contribution >= 4 is 11.6 Å². The number of benzene rings is 2. The van der Waals surface area contributed by atoms with Gasteiger partial charge < -0.3 is 0 Å². The van der Waals surface area contributed by atoms with Gasteiger partial charge in [-0.25, -0.2) is 0 Å². The van der Waals surface area contributed by atoms with Gasteiger partial charge in [0.15, 0.2) is 11.6 Å². The maximum Gasteiger partial charge on any atom is 0.194 e. The summed E-state index contributed by atoms with van der Waals surface area (Å²) in [7, 11) is 0. The van der Waals surface area contributed by atoms with E-state index in [-0.39, 0.29) is 11.6 Å². The molecule has 0 bridgehead atoms. The van der Waals surface area contributed by atoms with Crippen LogP contribution in [-0.4, -0.2) is 11.6 Å². The van der Waals surface area contributed by atoms with Gasteiger partial charge in [-0.05, 0) is 72.0 Å². The Labute approximate surface area is 192 Å². The van der Waals surface area contributed by atoms with Crippen molar-refractivity contribution in [2.45, 2.75) is 78.6 Å². The van der Waals surface area contributed by atoms with Gasteiger partial charge in [0.1, 0.15) is 0 Å². The summed E-state index contributed by atoms with van der Waals surface area (Å²) < 4.78 is 0. The Kier molecular flexibility index (Phi) is 5.39. The first-order valence-electron chi connectivity index (χ1n) is 12.7. The fraction of sp³-hybridized carbons (Fsp3) is 0.533. The SMILES string of the molecule is CC(C)CCC[C@@H](C)[C@H]1CC[C@H]2c3ccc4c(c3CC[C@]12C)C(=O)c1ccccc1C4=O. The van der Waals surface area contributed by atoms with Crippen molar-refractivity contribution in [3.05, 3.63) is 69.8 Å². The molecule has 2 heteroatoms. The van der Waals surface area contributed by atoms with Crippen LogP contribution in [0.1, 0.15) is 115 Å². The van der Waals surface area contributed by atoms with E-state index < -0.39 is 0 Å². The maximum absolute atomic E-state index is 13.5. The zero-order valence-corrected chi connectivity index (χ0v) is 20.0. The fourth-order valence-corrected chi connectivity index (χ4v) is 7.38. The lowest BCUT2D eigenvalue weighted by atomic mass is 9.59. The minimum absolute atomic E-state index is 0.00871. The predicted molar refractivity (Wildman–Crippen MR) is 129 cm³/mol. The van der Waals surface area contributed by atoms with Crippen molar-refractivity contribution in [1.82, 2.24) is 0 Å². The van der Waals surface area contributed by atoms with Gasteiger partial charge in [0.25, 0.3) is 0 Å². The molecule has 0 amide bonds. The van der Waals surface area contributed by atoms with E-state index >= 15 is 0 Å². The van der Waals surface area contributed by atoms with Gasteiger partial charge in [0.2, 0.25) is 0 Å². The first-order valence-corrected chi connectivity index (χ1v) is 12.7. The average molecular weight is 429 g/mol. The summed E-state index contributed by atoms with van der Waals surface area (Å²) in [5.41, 5.74) is 5.30. The third-order valence-electron chi connectivity index (χ3n) is 9.06. The molecule has 168 valence electrons. The molecule has 0 aromatic heterocycles. The summed E-state index contributed by atoms with van der Waals surface area (Å²) in [6.07, 6.45) is 8.52. The van der Waals surface area contributed by atoms with Crippen LogP contribution in [0.3, 0.4) is 0 Å². The van der Waals surface area contributed by atoms with Crippen LogP contribution in [0.4, 0.5) is 0 Å². The maximum atomic E-state index is 13.5. The molecule has 3 aliphatic carbocycles. The lowest BCUT2D eigenvalue weighted by Crippen LogP contribution is -2.36. The minimum atomic E-state index is 0.00871. The first-order chi connectivity index (χ1) is 15.3. The van der Waals surface area contributed by atoms with Gasteiger partial charge in [0, 0.05) is 22.3 Å². The van der Waals surface area contributed by atoms with Crippen molar-refractivity contribution < 1.29 is 9.59 Å². The number of carbonyl (C=O) groups is 2. The third kappa shape index (κ3) is 3.21. The molecule has 0 radical (unpaired) electrons. The summed E-state index contributed by atoms with van der Waals surface area (Å²) >= 11 is 0. The zero-order valence-electron chi connectivity index (χ0n) is 20.0. The molecule has 0 aliphatic heterocycles. The van der Waals surface area contributed by atoms with E-state index in [1.54, 1.807) is 6.07 Å². The van der Waals surface area contributed by atoms with E-state index in [1.165, 1.54) is 43.2 Å². The second kappa shape index (κ2) is 7.97. The Morgan fingerprint density at radius 3 is 2.34 bits per heavy atom. The van der Waals surface area contributed by atoms with Gasteiger partial charge in [-0.3, -0.25) is 9.59 Å². The van der Waals surface area contributed by atoms with Gasteiger partial charge in [-0.2, -0.15) is 0 Å². The van der Waals surface area contributed by atoms with Crippen molar-refractivity contribution in [3.63, 3.8) is 0 Å². The van der Waals surface area contributed by atoms with Crippen molar-refractivity contribution in [2.75, 3.05) is 0 Å². The molecule has 32 heavy (non-hydrogen) atoms. The molecule has 0 unspecified atom stereocenters. The molecule has 0 heterocycles. The van der Waals surface area contributed by atoms with Gasteiger partial charge in [-0.1, -0.05) is 77.3 Å². The lowest BCUT2D eigenvalue weighted by molar-refractivity contribution is 0.0973. The van der Waals surface area contributed by atoms with Crippen LogP contribution in [0, 0.1) is 23.2 Å². The molecule has 2 nitrogen and oxygen atoms in total. The Bertz CT molecular complexity index is 1080. The number of ketones is 2. The highest BCUT2D eigenvalue weighted by Crippen LogP contribution is 2.61. The van der Waals surface area contributed by atoms with E-state index in [4.69, 9.17) is 0 Å². The fourth-order valence-electron chi connectivity index (χ4n) is 7.38. The predicted octanol–water partition coefficient (Wildman–Crippen LogP) is 7.37. The number of hydrogen-bond donors (Lipinski definition) is 0. The Balaban J connectivity index is 1.47. The number of carbonyl (C=O) groups excluding carboxylic acids is 2. The molecule has 2 aromatic carbocycles. The standard InChI is InChI=1S/C30H36O2/c1-18(2)8-7-9-19(3)25-14-15-26-20-12-13-24-27(21(20)16-17-30(25,26)4)29(32)23-11-6-5-10-22(23)28(24)31/h5-6,10-13,18-19,25-26H,7-9,14-17H2,1-4H3/t19-,25-,26+,30-/m1/s1. The van der Waals surface area contributed by atoms with E-state index in [9.17, 15) is 9.59 Å². The highest BCUT2D eigenvalue weighted by atomic mass is 16.1. The highest BCUT2D eigenvalue weighted by molar-refractivity contribution is 6.29. The topological polar surface area (TPSA) is 34.1 Å². The number of rotatable bonds is 5. The molecule has 0 saturated heterocycles. The van der Waals surface area contributed by atoms with Crippen LogP contribution in [-0.2, 0) is 6.42 Å². The molecular formula is C30H36O2. The van der Waals surface area contributed by atoms with Gasteiger partial charge in [-0.15, -0.1) is 0 Å². The quantitative estimate of drug-likeness (QED) is 0.425. The van der Waals surface area contributed by atoms with E-state index in [1.807, 2.05) is 24.3 Å². The largest absolute Gasteiger partial charge is 0.289 e. The molecule has 0 spiro atoms.